The Labute approximate surface area is 149 Å². The van der Waals surface area contributed by atoms with Crippen molar-refractivity contribution in [2.45, 2.75) is 39.9 Å². The molecule has 1 fully saturated rings. The summed E-state index contributed by atoms with van der Waals surface area (Å²) in [4.78, 5) is 14.9. The molecule has 0 spiro atoms. The van der Waals surface area contributed by atoms with Crippen molar-refractivity contribution in [1.82, 2.24) is 9.47 Å². The maximum atomic E-state index is 13.0. The average molecular weight is 342 g/mol. The summed E-state index contributed by atoms with van der Waals surface area (Å²) in [5.74, 6) is 0.897. The van der Waals surface area contributed by atoms with Crippen molar-refractivity contribution < 1.29 is 14.3 Å². The lowest BCUT2D eigenvalue weighted by molar-refractivity contribution is -0.0586. The minimum atomic E-state index is 0.0674. The zero-order valence-electron chi connectivity index (χ0n) is 15.6. The number of morpholine rings is 1. The molecule has 5 heteroatoms. The van der Waals surface area contributed by atoms with Gasteiger partial charge in [0.05, 0.1) is 24.9 Å². The summed E-state index contributed by atoms with van der Waals surface area (Å²) in [7, 11) is 1.66. The molecule has 2 aromatic rings. The van der Waals surface area contributed by atoms with Crippen molar-refractivity contribution in [2.24, 2.45) is 0 Å². The second-order valence-electron chi connectivity index (χ2n) is 6.79. The van der Waals surface area contributed by atoms with Crippen LogP contribution in [0, 0.1) is 13.8 Å². The number of hydrogen-bond acceptors (Lipinski definition) is 3. The maximum Gasteiger partial charge on any atom is 0.255 e. The smallest absolute Gasteiger partial charge is 0.255 e. The first-order chi connectivity index (χ1) is 11.9. The van der Waals surface area contributed by atoms with E-state index in [0.29, 0.717) is 13.1 Å². The van der Waals surface area contributed by atoms with Gasteiger partial charge in [0, 0.05) is 30.2 Å². The molecule has 0 N–H and O–H groups in total. The highest BCUT2D eigenvalue weighted by atomic mass is 16.5. The van der Waals surface area contributed by atoms with Crippen LogP contribution < -0.4 is 4.74 Å². The van der Waals surface area contributed by atoms with Crippen molar-refractivity contribution in [3.8, 4) is 11.4 Å². The van der Waals surface area contributed by atoms with E-state index in [-0.39, 0.29) is 18.1 Å². The predicted molar refractivity (Wildman–Crippen MR) is 97.7 cm³/mol. The molecular weight excluding hydrogens is 316 g/mol. The van der Waals surface area contributed by atoms with E-state index < -0.39 is 0 Å². The number of aromatic nitrogens is 1. The summed E-state index contributed by atoms with van der Waals surface area (Å²) in [6.07, 6.45) is 0.135. The molecular formula is C20H26N2O3. The topological polar surface area (TPSA) is 43.7 Å². The minimum Gasteiger partial charge on any atom is -0.497 e. The zero-order chi connectivity index (χ0) is 18.1. The zero-order valence-corrected chi connectivity index (χ0v) is 15.6. The molecule has 1 aromatic carbocycles. The van der Waals surface area contributed by atoms with E-state index in [1.165, 1.54) is 0 Å². The molecule has 2 heterocycles. The summed E-state index contributed by atoms with van der Waals surface area (Å²) in [5, 5.41) is 0. The van der Waals surface area contributed by atoms with Gasteiger partial charge >= 0.3 is 0 Å². The highest BCUT2D eigenvalue weighted by Gasteiger charge is 2.28. The van der Waals surface area contributed by atoms with Gasteiger partial charge in [-0.25, -0.2) is 0 Å². The van der Waals surface area contributed by atoms with Crippen molar-refractivity contribution in [2.75, 3.05) is 20.2 Å². The molecule has 1 amide bonds. The molecule has 0 saturated carbocycles. The number of carbonyl (C=O) groups is 1. The Hall–Kier alpha value is -2.27. The molecule has 0 aliphatic carbocycles. The lowest BCUT2D eigenvalue weighted by atomic mass is 10.1. The standard InChI is InChI=1S/C20H26N2O3/c1-13-10-19(20(23)21-11-14(2)25-15(3)12-21)16(4)22(13)17-6-8-18(24-5)9-7-17/h6-10,14-15H,11-12H2,1-5H3. The number of nitrogens with zero attached hydrogens (tertiary/aromatic N) is 2. The van der Waals surface area contributed by atoms with Gasteiger partial charge in [0.1, 0.15) is 5.75 Å². The van der Waals surface area contributed by atoms with Crippen LogP contribution in [0.1, 0.15) is 35.6 Å². The molecule has 2 unspecified atom stereocenters. The molecule has 5 nitrogen and oxygen atoms in total. The normalized spacial score (nSPS) is 20.6. The molecule has 134 valence electrons. The fourth-order valence-electron chi connectivity index (χ4n) is 3.62. The SMILES string of the molecule is COc1ccc(-n2c(C)cc(C(=O)N3CC(C)OC(C)C3)c2C)cc1. The number of hydrogen-bond donors (Lipinski definition) is 0. The highest BCUT2D eigenvalue weighted by Crippen LogP contribution is 2.24. The summed E-state index contributed by atoms with van der Waals surface area (Å²) >= 11 is 0. The van der Waals surface area contributed by atoms with Crippen LogP contribution in [-0.2, 0) is 4.74 Å². The predicted octanol–water partition coefficient (Wildman–Crippen LogP) is 3.35. The molecule has 2 atom stereocenters. The highest BCUT2D eigenvalue weighted by molar-refractivity contribution is 5.96. The molecule has 1 aliphatic heterocycles. The van der Waals surface area contributed by atoms with Crippen molar-refractivity contribution >= 4 is 5.91 Å². The van der Waals surface area contributed by atoms with E-state index >= 15 is 0 Å². The number of aryl methyl sites for hydroxylation is 1. The Morgan fingerprint density at radius 3 is 2.28 bits per heavy atom. The number of methoxy groups -OCH3 is 1. The quantitative estimate of drug-likeness (QED) is 0.859. The van der Waals surface area contributed by atoms with E-state index in [2.05, 4.69) is 4.57 Å². The second-order valence-corrected chi connectivity index (χ2v) is 6.79. The molecule has 3 rings (SSSR count). The van der Waals surface area contributed by atoms with E-state index in [4.69, 9.17) is 9.47 Å². The summed E-state index contributed by atoms with van der Waals surface area (Å²) in [5.41, 5.74) is 3.79. The van der Waals surface area contributed by atoms with E-state index in [1.807, 2.05) is 62.9 Å². The minimum absolute atomic E-state index is 0.0674. The first kappa shape index (κ1) is 17.5. The summed E-state index contributed by atoms with van der Waals surface area (Å²) in [6.45, 7) is 9.31. The van der Waals surface area contributed by atoms with Crippen LogP contribution >= 0.6 is 0 Å². The lowest BCUT2D eigenvalue weighted by Crippen LogP contribution is -2.48. The van der Waals surface area contributed by atoms with Crippen LogP contribution in [0.3, 0.4) is 0 Å². The first-order valence-electron chi connectivity index (χ1n) is 8.68. The largest absolute Gasteiger partial charge is 0.497 e. The van der Waals surface area contributed by atoms with Crippen LogP contribution in [-0.4, -0.2) is 47.8 Å². The Morgan fingerprint density at radius 1 is 1.12 bits per heavy atom. The number of amides is 1. The molecule has 0 bridgehead atoms. The van der Waals surface area contributed by atoms with Gasteiger partial charge in [-0.05, 0) is 58.0 Å². The van der Waals surface area contributed by atoms with E-state index in [1.54, 1.807) is 7.11 Å². The summed E-state index contributed by atoms with van der Waals surface area (Å²) in [6, 6.07) is 9.85. The van der Waals surface area contributed by atoms with Crippen LogP contribution in [0.25, 0.3) is 5.69 Å². The number of ether oxygens (including phenoxy) is 2. The van der Waals surface area contributed by atoms with Crippen LogP contribution in [0.2, 0.25) is 0 Å². The number of rotatable bonds is 3. The Balaban J connectivity index is 1.92. The van der Waals surface area contributed by atoms with Crippen LogP contribution in [0.15, 0.2) is 30.3 Å². The van der Waals surface area contributed by atoms with Crippen LogP contribution in [0.5, 0.6) is 5.75 Å². The van der Waals surface area contributed by atoms with Gasteiger partial charge in [-0.2, -0.15) is 0 Å². The second kappa shape index (κ2) is 6.92. The van der Waals surface area contributed by atoms with Gasteiger partial charge in [-0.15, -0.1) is 0 Å². The van der Waals surface area contributed by atoms with Gasteiger partial charge in [0.25, 0.3) is 5.91 Å². The third kappa shape index (κ3) is 3.42. The van der Waals surface area contributed by atoms with Crippen molar-refractivity contribution in [3.05, 3.63) is 47.3 Å². The fraction of sp³-hybridized carbons (Fsp3) is 0.450. The van der Waals surface area contributed by atoms with Crippen molar-refractivity contribution in [1.29, 1.82) is 0 Å². The fourth-order valence-corrected chi connectivity index (χ4v) is 3.62. The average Bonchev–Trinajstić information content (AvgIpc) is 2.88. The Morgan fingerprint density at radius 2 is 1.72 bits per heavy atom. The Kier molecular flexibility index (Phi) is 4.86. The number of carbonyl (C=O) groups excluding carboxylic acids is 1. The third-order valence-corrected chi connectivity index (χ3v) is 4.70. The molecule has 0 radical (unpaired) electrons. The van der Waals surface area contributed by atoms with Crippen molar-refractivity contribution in [3.63, 3.8) is 0 Å². The molecule has 1 aromatic heterocycles. The summed E-state index contributed by atoms with van der Waals surface area (Å²) < 4.78 is 13.1. The molecule has 1 aliphatic rings. The first-order valence-corrected chi connectivity index (χ1v) is 8.68. The van der Waals surface area contributed by atoms with Gasteiger partial charge < -0.3 is 18.9 Å². The third-order valence-electron chi connectivity index (χ3n) is 4.70. The molecule has 1 saturated heterocycles. The lowest BCUT2D eigenvalue weighted by Gasteiger charge is -2.35. The monoisotopic (exact) mass is 342 g/mol. The number of benzene rings is 1. The van der Waals surface area contributed by atoms with Crippen LogP contribution in [0.4, 0.5) is 0 Å². The van der Waals surface area contributed by atoms with E-state index in [9.17, 15) is 4.79 Å². The van der Waals surface area contributed by atoms with Gasteiger partial charge in [-0.1, -0.05) is 0 Å². The van der Waals surface area contributed by atoms with E-state index in [0.717, 1.165) is 28.4 Å². The van der Waals surface area contributed by atoms with Gasteiger partial charge in [-0.3, -0.25) is 4.79 Å². The molecule has 25 heavy (non-hydrogen) atoms. The van der Waals surface area contributed by atoms with Gasteiger partial charge in [0.15, 0.2) is 0 Å². The maximum absolute atomic E-state index is 13.0. The van der Waals surface area contributed by atoms with Gasteiger partial charge in [0.2, 0.25) is 0 Å². The Bertz CT molecular complexity index is 754.